The number of amides is 1. The normalized spacial score (nSPS) is 11.5. The van der Waals surface area contributed by atoms with E-state index < -0.39 is 0 Å². The van der Waals surface area contributed by atoms with Gasteiger partial charge in [0.2, 0.25) is 0 Å². The molecule has 0 saturated heterocycles. The molecular weight excluding hydrogens is 394 g/mol. The highest BCUT2D eigenvalue weighted by atomic mass is 32.2. The molecule has 0 aliphatic rings. The van der Waals surface area contributed by atoms with Crippen molar-refractivity contribution in [2.45, 2.75) is 25.5 Å². The fourth-order valence-electron chi connectivity index (χ4n) is 2.48. The minimum absolute atomic E-state index is 0.183. The molecule has 7 nitrogen and oxygen atoms in total. The number of carbonyl (C=O) groups is 1. The lowest BCUT2D eigenvalue weighted by molar-refractivity contribution is -0.118. The molecular formula is C19H21N5O2S2. The van der Waals surface area contributed by atoms with Crippen molar-refractivity contribution in [3.05, 3.63) is 46.7 Å². The second kappa shape index (κ2) is 9.52. The number of thiophene rings is 1. The summed E-state index contributed by atoms with van der Waals surface area (Å²) in [5, 5.41) is 15.4. The maximum Gasteiger partial charge on any atom is 0.250 e. The highest BCUT2D eigenvalue weighted by molar-refractivity contribution is 7.99. The van der Waals surface area contributed by atoms with E-state index in [1.165, 1.54) is 11.8 Å². The smallest absolute Gasteiger partial charge is 0.250 e. The third-order valence-electron chi connectivity index (χ3n) is 3.94. The van der Waals surface area contributed by atoms with E-state index in [9.17, 15) is 4.79 Å². The molecule has 2 aromatic heterocycles. The van der Waals surface area contributed by atoms with Gasteiger partial charge in [0, 0.05) is 17.0 Å². The molecule has 28 heavy (non-hydrogen) atoms. The average Bonchev–Trinajstić information content (AvgIpc) is 3.40. The van der Waals surface area contributed by atoms with Gasteiger partial charge in [-0.15, -0.1) is 21.5 Å². The Morgan fingerprint density at radius 3 is 2.71 bits per heavy atom. The van der Waals surface area contributed by atoms with E-state index in [2.05, 4.69) is 20.7 Å². The average molecular weight is 416 g/mol. The van der Waals surface area contributed by atoms with E-state index in [4.69, 9.17) is 4.74 Å². The number of hydrogen-bond acceptors (Lipinski definition) is 7. The first kappa shape index (κ1) is 20.1. The molecule has 0 aliphatic carbocycles. The molecule has 0 saturated carbocycles. The van der Waals surface area contributed by atoms with E-state index in [1.807, 2.05) is 60.2 Å². The molecule has 0 fully saturated rings. The number of aromatic nitrogens is 3. The number of nitrogens with zero attached hydrogens (tertiary/aromatic N) is 4. The molecule has 0 spiro atoms. The zero-order chi connectivity index (χ0) is 19.9. The first-order valence-electron chi connectivity index (χ1n) is 8.69. The van der Waals surface area contributed by atoms with E-state index in [1.54, 1.807) is 18.4 Å². The lowest BCUT2D eigenvalue weighted by Crippen LogP contribution is -2.21. The zero-order valence-electron chi connectivity index (χ0n) is 15.9. The van der Waals surface area contributed by atoms with Gasteiger partial charge < -0.3 is 9.30 Å². The summed E-state index contributed by atoms with van der Waals surface area (Å²) in [5.41, 5.74) is 4.32. The predicted molar refractivity (Wildman–Crippen MR) is 113 cm³/mol. The van der Waals surface area contributed by atoms with Gasteiger partial charge in [0.25, 0.3) is 5.91 Å². The van der Waals surface area contributed by atoms with Crippen molar-refractivity contribution in [2.75, 3.05) is 12.9 Å². The van der Waals surface area contributed by atoms with E-state index >= 15 is 0 Å². The molecule has 1 aromatic carbocycles. The highest BCUT2D eigenvalue weighted by Gasteiger charge is 2.14. The van der Waals surface area contributed by atoms with Gasteiger partial charge in [-0.1, -0.05) is 17.8 Å². The number of methoxy groups -OCH3 is 1. The Hall–Kier alpha value is -2.65. The topological polar surface area (TPSA) is 81.4 Å². The number of ether oxygens (including phenoxy) is 1. The molecule has 3 rings (SSSR count). The Labute approximate surface area is 171 Å². The number of hydrazone groups is 1. The monoisotopic (exact) mass is 415 g/mol. The summed E-state index contributed by atoms with van der Waals surface area (Å²) in [4.78, 5) is 13.2. The molecule has 0 radical (unpaired) electrons. The first-order valence-corrected chi connectivity index (χ1v) is 10.6. The molecule has 0 aliphatic heterocycles. The maximum atomic E-state index is 12.1. The SMILES string of the molecule is CCn1c(SCC(=O)N/N=C(/C)c2cccs2)nnc1-c1ccc(OC)cc1. The zero-order valence-corrected chi connectivity index (χ0v) is 17.5. The van der Waals surface area contributed by atoms with Crippen LogP contribution in [0.1, 0.15) is 18.7 Å². The minimum Gasteiger partial charge on any atom is -0.497 e. The molecule has 0 unspecified atom stereocenters. The number of carbonyl (C=O) groups excluding carboxylic acids is 1. The van der Waals surface area contributed by atoms with Crippen LogP contribution in [0.25, 0.3) is 11.4 Å². The van der Waals surface area contributed by atoms with Crippen LogP contribution in [-0.4, -0.2) is 39.2 Å². The van der Waals surface area contributed by atoms with Gasteiger partial charge in [-0.2, -0.15) is 5.10 Å². The van der Waals surface area contributed by atoms with Crippen LogP contribution in [0.5, 0.6) is 5.75 Å². The summed E-state index contributed by atoms with van der Waals surface area (Å²) in [5.74, 6) is 1.58. The van der Waals surface area contributed by atoms with E-state index in [0.717, 1.165) is 27.7 Å². The minimum atomic E-state index is -0.183. The van der Waals surface area contributed by atoms with Crippen molar-refractivity contribution < 1.29 is 9.53 Å². The number of benzene rings is 1. The van der Waals surface area contributed by atoms with E-state index in [0.29, 0.717) is 11.7 Å². The quantitative estimate of drug-likeness (QED) is 0.345. The van der Waals surface area contributed by atoms with Gasteiger partial charge >= 0.3 is 0 Å². The molecule has 146 valence electrons. The molecule has 0 bridgehead atoms. The lowest BCUT2D eigenvalue weighted by Gasteiger charge is -2.07. The molecule has 3 aromatic rings. The predicted octanol–water partition coefficient (Wildman–Crippen LogP) is 3.67. The van der Waals surface area contributed by atoms with Gasteiger partial charge in [-0.3, -0.25) is 4.79 Å². The van der Waals surface area contributed by atoms with Crippen LogP contribution in [0, 0.1) is 0 Å². The fraction of sp³-hybridized carbons (Fsp3) is 0.263. The Morgan fingerprint density at radius 1 is 1.29 bits per heavy atom. The van der Waals surface area contributed by atoms with Crippen molar-refractivity contribution in [1.29, 1.82) is 0 Å². The number of rotatable bonds is 8. The summed E-state index contributed by atoms with van der Waals surface area (Å²) < 4.78 is 7.18. The van der Waals surface area contributed by atoms with Crippen LogP contribution < -0.4 is 10.2 Å². The first-order chi connectivity index (χ1) is 13.6. The summed E-state index contributed by atoms with van der Waals surface area (Å²) in [6.07, 6.45) is 0. The van der Waals surface area contributed by atoms with Crippen LogP contribution in [0.3, 0.4) is 0 Å². The van der Waals surface area contributed by atoms with Gasteiger partial charge in [-0.25, -0.2) is 5.43 Å². The van der Waals surface area contributed by atoms with Crippen molar-refractivity contribution in [3.63, 3.8) is 0 Å². The van der Waals surface area contributed by atoms with E-state index in [-0.39, 0.29) is 11.7 Å². The van der Waals surface area contributed by atoms with Gasteiger partial charge in [0.05, 0.1) is 18.6 Å². The van der Waals surface area contributed by atoms with Crippen molar-refractivity contribution in [1.82, 2.24) is 20.2 Å². The van der Waals surface area contributed by atoms with Crippen molar-refractivity contribution in [2.24, 2.45) is 5.10 Å². The number of thioether (sulfide) groups is 1. The van der Waals surface area contributed by atoms with Crippen molar-refractivity contribution in [3.8, 4) is 17.1 Å². The second-order valence-electron chi connectivity index (χ2n) is 5.78. The Bertz CT molecular complexity index is 949. The third kappa shape index (κ3) is 4.79. The summed E-state index contributed by atoms with van der Waals surface area (Å²) >= 11 is 2.92. The number of hydrogen-bond donors (Lipinski definition) is 1. The Kier molecular flexibility index (Phi) is 6.83. The molecule has 1 N–H and O–H groups in total. The molecule has 0 atom stereocenters. The highest BCUT2D eigenvalue weighted by Crippen LogP contribution is 2.25. The molecule has 2 heterocycles. The van der Waals surface area contributed by atoms with Crippen molar-refractivity contribution >= 4 is 34.7 Å². The summed E-state index contributed by atoms with van der Waals surface area (Å²) in [6, 6.07) is 11.6. The van der Waals surface area contributed by atoms with Gasteiger partial charge in [0.15, 0.2) is 11.0 Å². The largest absolute Gasteiger partial charge is 0.497 e. The van der Waals surface area contributed by atoms with Crippen LogP contribution in [0.15, 0.2) is 52.0 Å². The van der Waals surface area contributed by atoms with Crippen LogP contribution in [0.2, 0.25) is 0 Å². The van der Waals surface area contributed by atoms with Crippen LogP contribution in [0.4, 0.5) is 0 Å². The Morgan fingerprint density at radius 2 is 2.07 bits per heavy atom. The molecule has 1 amide bonds. The standard InChI is InChI=1S/C19H21N5O2S2/c1-4-24-18(14-7-9-15(26-3)10-8-14)22-23-19(24)28-12-17(25)21-20-13(2)16-6-5-11-27-16/h5-11H,4,12H2,1-3H3,(H,21,25)/b20-13-. The van der Waals surface area contributed by atoms with Crippen LogP contribution in [-0.2, 0) is 11.3 Å². The fourth-order valence-corrected chi connectivity index (χ4v) is 3.95. The summed E-state index contributed by atoms with van der Waals surface area (Å²) in [6.45, 7) is 4.59. The lowest BCUT2D eigenvalue weighted by atomic mass is 10.2. The maximum absolute atomic E-state index is 12.1. The molecule has 9 heteroatoms. The Balaban J connectivity index is 1.63. The second-order valence-corrected chi connectivity index (χ2v) is 7.67. The van der Waals surface area contributed by atoms with Crippen LogP contribution >= 0.6 is 23.1 Å². The van der Waals surface area contributed by atoms with Gasteiger partial charge in [-0.05, 0) is 49.6 Å². The third-order valence-corrected chi connectivity index (χ3v) is 5.89. The summed E-state index contributed by atoms with van der Waals surface area (Å²) in [7, 11) is 1.63. The van der Waals surface area contributed by atoms with Gasteiger partial charge in [0.1, 0.15) is 5.75 Å². The number of nitrogens with one attached hydrogen (secondary N) is 1.